The van der Waals surface area contributed by atoms with Crippen LogP contribution in [0.15, 0.2) is 42.5 Å². The number of likely N-dealkylation sites (tertiary alicyclic amines) is 1. The number of carbonyl (C=O) groups excluding carboxylic acids is 1. The van der Waals surface area contributed by atoms with Gasteiger partial charge in [-0.1, -0.05) is 49.4 Å². The van der Waals surface area contributed by atoms with Crippen LogP contribution >= 0.6 is 0 Å². The average Bonchev–Trinajstić information content (AvgIpc) is 2.87. The predicted octanol–water partition coefficient (Wildman–Crippen LogP) is 3.08. The molecule has 0 saturated carbocycles. The van der Waals surface area contributed by atoms with E-state index >= 15 is 0 Å². The molecule has 0 aliphatic carbocycles. The van der Waals surface area contributed by atoms with Gasteiger partial charge in [-0.25, -0.2) is 0 Å². The van der Waals surface area contributed by atoms with Crippen molar-refractivity contribution in [1.82, 2.24) is 4.90 Å². The van der Waals surface area contributed by atoms with Crippen molar-refractivity contribution >= 4 is 16.7 Å². The van der Waals surface area contributed by atoms with E-state index in [4.69, 9.17) is 4.74 Å². The zero-order valence-corrected chi connectivity index (χ0v) is 12.6. The van der Waals surface area contributed by atoms with Crippen LogP contribution in [0.2, 0.25) is 0 Å². The zero-order valence-electron chi connectivity index (χ0n) is 12.6. The zero-order chi connectivity index (χ0) is 14.8. The molecule has 1 saturated heterocycles. The van der Waals surface area contributed by atoms with E-state index in [1.165, 1.54) is 23.4 Å². The first-order chi connectivity index (χ1) is 10.2. The highest BCUT2D eigenvalue weighted by Gasteiger charge is 2.35. The van der Waals surface area contributed by atoms with Crippen molar-refractivity contribution in [1.29, 1.82) is 0 Å². The van der Waals surface area contributed by atoms with Gasteiger partial charge in [0.15, 0.2) is 0 Å². The van der Waals surface area contributed by atoms with E-state index in [-0.39, 0.29) is 11.9 Å². The lowest BCUT2D eigenvalue weighted by atomic mass is 9.99. The van der Waals surface area contributed by atoms with Crippen molar-refractivity contribution < 1.29 is 9.53 Å². The number of hydrogen-bond donors (Lipinski definition) is 0. The van der Waals surface area contributed by atoms with E-state index < -0.39 is 0 Å². The van der Waals surface area contributed by atoms with Gasteiger partial charge in [0.1, 0.15) is 0 Å². The largest absolute Gasteiger partial charge is 0.469 e. The molecule has 0 bridgehead atoms. The lowest BCUT2D eigenvalue weighted by Gasteiger charge is -2.17. The first kappa shape index (κ1) is 14.1. The number of nitrogens with zero attached hydrogens (tertiary/aromatic N) is 1. The second kappa shape index (κ2) is 5.86. The lowest BCUT2D eigenvalue weighted by Crippen LogP contribution is -2.24. The summed E-state index contributed by atoms with van der Waals surface area (Å²) in [6, 6.07) is 14.9. The molecule has 3 rings (SSSR count). The van der Waals surface area contributed by atoms with Crippen LogP contribution in [0, 0.1) is 11.8 Å². The Bertz CT molecular complexity index is 647. The SMILES string of the molecule is COC(=O)C1CN(Cc2cccc3ccccc23)CC1C. The molecule has 2 atom stereocenters. The van der Waals surface area contributed by atoms with E-state index in [2.05, 4.69) is 54.3 Å². The standard InChI is InChI=1S/C18H21NO2/c1-13-10-19(12-17(13)18(20)21-2)11-15-8-5-7-14-6-3-4-9-16(14)15/h3-9,13,17H,10-12H2,1-2H3. The summed E-state index contributed by atoms with van der Waals surface area (Å²) >= 11 is 0. The maximum absolute atomic E-state index is 11.8. The van der Waals surface area contributed by atoms with E-state index in [0.717, 1.165) is 19.6 Å². The van der Waals surface area contributed by atoms with Crippen LogP contribution in [0.25, 0.3) is 10.8 Å². The highest BCUT2D eigenvalue weighted by molar-refractivity contribution is 5.85. The number of hydrogen-bond acceptors (Lipinski definition) is 3. The summed E-state index contributed by atoms with van der Waals surface area (Å²) in [6.45, 7) is 4.75. The first-order valence-electron chi connectivity index (χ1n) is 7.46. The third-order valence-electron chi connectivity index (χ3n) is 4.47. The van der Waals surface area contributed by atoms with Crippen molar-refractivity contribution in [2.75, 3.05) is 20.2 Å². The molecule has 1 heterocycles. The Hall–Kier alpha value is -1.87. The fourth-order valence-electron chi connectivity index (χ4n) is 3.33. The molecule has 3 nitrogen and oxygen atoms in total. The van der Waals surface area contributed by atoms with Crippen molar-refractivity contribution in [3.63, 3.8) is 0 Å². The van der Waals surface area contributed by atoms with Gasteiger partial charge in [0.05, 0.1) is 13.0 Å². The monoisotopic (exact) mass is 283 g/mol. The van der Waals surface area contributed by atoms with Gasteiger partial charge in [0.2, 0.25) is 0 Å². The van der Waals surface area contributed by atoms with Gasteiger partial charge >= 0.3 is 5.97 Å². The van der Waals surface area contributed by atoms with E-state index in [9.17, 15) is 4.79 Å². The summed E-state index contributed by atoms with van der Waals surface area (Å²) in [7, 11) is 1.47. The molecular weight excluding hydrogens is 262 g/mol. The Balaban J connectivity index is 1.79. The smallest absolute Gasteiger partial charge is 0.310 e. The van der Waals surface area contributed by atoms with Gasteiger partial charge in [-0.05, 0) is 22.3 Å². The quantitative estimate of drug-likeness (QED) is 0.811. The Kier molecular flexibility index (Phi) is 3.93. The Morgan fingerprint density at radius 3 is 2.76 bits per heavy atom. The maximum Gasteiger partial charge on any atom is 0.310 e. The van der Waals surface area contributed by atoms with Gasteiger partial charge in [-0.15, -0.1) is 0 Å². The Morgan fingerprint density at radius 1 is 1.19 bits per heavy atom. The fourth-order valence-corrected chi connectivity index (χ4v) is 3.33. The molecule has 3 heteroatoms. The third kappa shape index (κ3) is 2.79. The number of fused-ring (bicyclic) bond motifs is 1. The molecular formula is C18H21NO2. The molecule has 21 heavy (non-hydrogen) atoms. The Labute approximate surface area is 125 Å². The van der Waals surface area contributed by atoms with Gasteiger partial charge < -0.3 is 4.74 Å². The molecule has 2 aromatic carbocycles. The van der Waals surface area contributed by atoms with Crippen LogP contribution in [0.3, 0.4) is 0 Å². The number of methoxy groups -OCH3 is 1. The molecule has 2 unspecified atom stereocenters. The van der Waals surface area contributed by atoms with Crippen LogP contribution in [0.1, 0.15) is 12.5 Å². The second-order valence-corrected chi connectivity index (χ2v) is 5.94. The predicted molar refractivity (Wildman–Crippen MR) is 83.9 cm³/mol. The average molecular weight is 283 g/mol. The molecule has 0 spiro atoms. The van der Waals surface area contributed by atoms with Gasteiger partial charge in [0.25, 0.3) is 0 Å². The summed E-state index contributed by atoms with van der Waals surface area (Å²) in [6.07, 6.45) is 0. The minimum Gasteiger partial charge on any atom is -0.469 e. The summed E-state index contributed by atoms with van der Waals surface area (Å²) in [5.74, 6) is 0.278. The van der Waals surface area contributed by atoms with Crippen molar-refractivity contribution in [3.8, 4) is 0 Å². The number of carbonyl (C=O) groups is 1. The molecule has 0 aromatic heterocycles. The lowest BCUT2D eigenvalue weighted by molar-refractivity contribution is -0.146. The molecule has 110 valence electrons. The minimum absolute atomic E-state index is 0.00461. The molecule has 1 fully saturated rings. The Morgan fingerprint density at radius 2 is 1.95 bits per heavy atom. The number of rotatable bonds is 3. The summed E-state index contributed by atoms with van der Waals surface area (Å²) in [5.41, 5.74) is 1.32. The van der Waals surface area contributed by atoms with E-state index in [1.807, 2.05) is 0 Å². The van der Waals surface area contributed by atoms with Crippen LogP contribution in [-0.2, 0) is 16.1 Å². The number of benzene rings is 2. The molecule has 0 N–H and O–H groups in total. The van der Waals surface area contributed by atoms with Crippen molar-refractivity contribution in [2.24, 2.45) is 11.8 Å². The minimum atomic E-state index is -0.0806. The van der Waals surface area contributed by atoms with Crippen molar-refractivity contribution in [3.05, 3.63) is 48.0 Å². The van der Waals surface area contributed by atoms with Gasteiger partial charge in [-0.2, -0.15) is 0 Å². The molecule has 1 aliphatic rings. The van der Waals surface area contributed by atoms with Crippen LogP contribution in [-0.4, -0.2) is 31.1 Å². The number of ether oxygens (including phenoxy) is 1. The highest BCUT2D eigenvalue weighted by Crippen LogP contribution is 2.27. The third-order valence-corrected chi connectivity index (χ3v) is 4.47. The van der Waals surface area contributed by atoms with Crippen molar-refractivity contribution in [2.45, 2.75) is 13.5 Å². The van der Waals surface area contributed by atoms with E-state index in [1.54, 1.807) is 0 Å². The molecule has 1 aliphatic heterocycles. The summed E-state index contributed by atoms with van der Waals surface area (Å²) in [5, 5.41) is 2.57. The van der Waals surface area contributed by atoms with Crippen LogP contribution in [0.5, 0.6) is 0 Å². The molecule has 0 radical (unpaired) electrons. The van der Waals surface area contributed by atoms with Crippen LogP contribution < -0.4 is 0 Å². The topological polar surface area (TPSA) is 29.5 Å². The summed E-state index contributed by atoms with van der Waals surface area (Å²) < 4.78 is 4.91. The first-order valence-corrected chi connectivity index (χ1v) is 7.46. The van der Waals surface area contributed by atoms with Gasteiger partial charge in [0, 0.05) is 19.6 Å². The maximum atomic E-state index is 11.8. The van der Waals surface area contributed by atoms with E-state index in [0.29, 0.717) is 5.92 Å². The molecule has 2 aromatic rings. The normalized spacial score (nSPS) is 22.6. The van der Waals surface area contributed by atoms with Crippen LogP contribution in [0.4, 0.5) is 0 Å². The second-order valence-electron chi connectivity index (χ2n) is 5.94. The number of esters is 1. The fraction of sp³-hybridized carbons (Fsp3) is 0.389. The highest BCUT2D eigenvalue weighted by atomic mass is 16.5. The van der Waals surface area contributed by atoms with Gasteiger partial charge in [-0.3, -0.25) is 9.69 Å². The molecule has 0 amide bonds. The summed E-state index contributed by atoms with van der Waals surface area (Å²) in [4.78, 5) is 14.1.